The standard InChI is InChI=1S/C14H19FN4/c1-2-6-19-14(17-10-18-19)8-12(9-16)11-4-3-5-13(15)7-11/h3-5,7,10,12H,2,6,8-9,16H2,1H3. The van der Waals surface area contributed by atoms with Crippen molar-refractivity contribution < 1.29 is 4.39 Å². The zero-order chi connectivity index (χ0) is 13.7. The minimum atomic E-state index is -0.231. The average Bonchev–Trinajstić information content (AvgIpc) is 2.84. The van der Waals surface area contributed by atoms with Gasteiger partial charge in [0.2, 0.25) is 0 Å². The maximum Gasteiger partial charge on any atom is 0.138 e. The number of hydrogen-bond donors (Lipinski definition) is 1. The van der Waals surface area contributed by atoms with Gasteiger partial charge in [0.15, 0.2) is 0 Å². The van der Waals surface area contributed by atoms with Crippen LogP contribution in [0, 0.1) is 5.82 Å². The van der Waals surface area contributed by atoms with E-state index in [4.69, 9.17) is 5.73 Å². The molecule has 0 saturated heterocycles. The lowest BCUT2D eigenvalue weighted by atomic mass is 9.95. The Morgan fingerprint density at radius 3 is 2.95 bits per heavy atom. The predicted molar refractivity (Wildman–Crippen MR) is 72.2 cm³/mol. The van der Waals surface area contributed by atoms with Crippen LogP contribution >= 0.6 is 0 Å². The second-order valence-corrected chi connectivity index (χ2v) is 4.59. The number of nitrogens with two attached hydrogens (primary N) is 1. The molecule has 4 nitrogen and oxygen atoms in total. The van der Waals surface area contributed by atoms with E-state index >= 15 is 0 Å². The van der Waals surface area contributed by atoms with Crippen molar-refractivity contribution >= 4 is 0 Å². The first-order chi connectivity index (χ1) is 9.24. The molecule has 0 aliphatic carbocycles. The molecule has 1 aromatic carbocycles. The highest BCUT2D eigenvalue weighted by Crippen LogP contribution is 2.19. The largest absolute Gasteiger partial charge is 0.330 e. The first kappa shape index (κ1) is 13.7. The molecule has 0 spiro atoms. The zero-order valence-corrected chi connectivity index (χ0v) is 11.1. The van der Waals surface area contributed by atoms with Gasteiger partial charge in [-0.1, -0.05) is 19.1 Å². The van der Waals surface area contributed by atoms with E-state index in [0.717, 1.165) is 24.4 Å². The van der Waals surface area contributed by atoms with Gasteiger partial charge in [0.1, 0.15) is 18.0 Å². The topological polar surface area (TPSA) is 56.7 Å². The van der Waals surface area contributed by atoms with Crippen LogP contribution in [0.4, 0.5) is 4.39 Å². The Kier molecular flexibility index (Phi) is 4.63. The van der Waals surface area contributed by atoms with Crippen molar-refractivity contribution in [1.29, 1.82) is 0 Å². The third-order valence-corrected chi connectivity index (χ3v) is 3.16. The van der Waals surface area contributed by atoms with Gasteiger partial charge in [-0.25, -0.2) is 9.37 Å². The maximum absolute atomic E-state index is 13.3. The lowest BCUT2D eigenvalue weighted by Gasteiger charge is -2.15. The Balaban J connectivity index is 2.17. The fraction of sp³-hybridized carbons (Fsp3) is 0.429. The SMILES string of the molecule is CCCn1ncnc1CC(CN)c1cccc(F)c1. The molecule has 0 radical (unpaired) electrons. The number of rotatable bonds is 6. The molecule has 0 bridgehead atoms. The molecule has 0 fully saturated rings. The Labute approximate surface area is 112 Å². The Morgan fingerprint density at radius 2 is 2.26 bits per heavy atom. The highest BCUT2D eigenvalue weighted by atomic mass is 19.1. The van der Waals surface area contributed by atoms with E-state index in [1.165, 1.54) is 12.1 Å². The summed E-state index contributed by atoms with van der Waals surface area (Å²) in [6.07, 6.45) is 3.24. The summed E-state index contributed by atoms with van der Waals surface area (Å²) in [7, 11) is 0. The number of nitrogens with zero attached hydrogens (tertiary/aromatic N) is 3. The van der Waals surface area contributed by atoms with Crippen LogP contribution in [-0.4, -0.2) is 21.3 Å². The molecule has 5 heteroatoms. The van der Waals surface area contributed by atoms with Gasteiger partial charge in [0.25, 0.3) is 0 Å². The van der Waals surface area contributed by atoms with Crippen molar-refractivity contribution in [3.8, 4) is 0 Å². The number of hydrogen-bond acceptors (Lipinski definition) is 3. The number of aromatic nitrogens is 3. The third kappa shape index (κ3) is 3.38. The average molecular weight is 262 g/mol. The molecule has 0 saturated carbocycles. The van der Waals surface area contributed by atoms with Crippen LogP contribution in [0.1, 0.15) is 30.7 Å². The van der Waals surface area contributed by atoms with Crippen LogP contribution in [0.5, 0.6) is 0 Å². The van der Waals surface area contributed by atoms with E-state index in [0.29, 0.717) is 13.0 Å². The fourth-order valence-electron chi connectivity index (χ4n) is 2.16. The molecule has 2 aromatic rings. The summed E-state index contributed by atoms with van der Waals surface area (Å²) in [5, 5.41) is 4.20. The molecule has 2 N–H and O–H groups in total. The van der Waals surface area contributed by atoms with E-state index in [-0.39, 0.29) is 11.7 Å². The van der Waals surface area contributed by atoms with Gasteiger partial charge in [-0.15, -0.1) is 0 Å². The minimum absolute atomic E-state index is 0.0653. The minimum Gasteiger partial charge on any atom is -0.330 e. The fourth-order valence-corrected chi connectivity index (χ4v) is 2.16. The highest BCUT2D eigenvalue weighted by Gasteiger charge is 2.15. The molecule has 1 aromatic heterocycles. The Hall–Kier alpha value is -1.75. The van der Waals surface area contributed by atoms with Crippen molar-refractivity contribution in [3.63, 3.8) is 0 Å². The normalized spacial score (nSPS) is 12.6. The van der Waals surface area contributed by atoms with Crippen LogP contribution in [0.3, 0.4) is 0 Å². The molecular formula is C14H19FN4. The molecule has 0 amide bonds. The van der Waals surface area contributed by atoms with Crippen molar-refractivity contribution in [2.24, 2.45) is 5.73 Å². The molecule has 0 aliphatic rings. The van der Waals surface area contributed by atoms with E-state index in [1.807, 2.05) is 10.7 Å². The van der Waals surface area contributed by atoms with E-state index in [9.17, 15) is 4.39 Å². The number of benzene rings is 1. The zero-order valence-electron chi connectivity index (χ0n) is 11.1. The van der Waals surface area contributed by atoms with Gasteiger partial charge < -0.3 is 5.73 Å². The second-order valence-electron chi connectivity index (χ2n) is 4.59. The summed E-state index contributed by atoms with van der Waals surface area (Å²) >= 11 is 0. The van der Waals surface area contributed by atoms with Crippen LogP contribution in [-0.2, 0) is 13.0 Å². The molecule has 0 aliphatic heterocycles. The van der Waals surface area contributed by atoms with Gasteiger partial charge >= 0.3 is 0 Å². The molecular weight excluding hydrogens is 243 g/mol. The van der Waals surface area contributed by atoms with Gasteiger partial charge in [-0.05, 0) is 30.7 Å². The molecule has 102 valence electrons. The number of aryl methyl sites for hydroxylation is 1. The molecule has 19 heavy (non-hydrogen) atoms. The van der Waals surface area contributed by atoms with Crippen LogP contribution < -0.4 is 5.73 Å². The van der Waals surface area contributed by atoms with Crippen molar-refractivity contribution in [1.82, 2.24) is 14.8 Å². The van der Waals surface area contributed by atoms with E-state index in [1.54, 1.807) is 12.4 Å². The van der Waals surface area contributed by atoms with Gasteiger partial charge in [-0.2, -0.15) is 5.10 Å². The number of halogens is 1. The summed E-state index contributed by atoms with van der Waals surface area (Å²) < 4.78 is 15.2. The lowest BCUT2D eigenvalue weighted by Crippen LogP contribution is -2.18. The summed E-state index contributed by atoms with van der Waals surface area (Å²) in [4.78, 5) is 4.27. The monoisotopic (exact) mass is 262 g/mol. The van der Waals surface area contributed by atoms with Gasteiger partial charge in [-0.3, -0.25) is 4.68 Å². The summed E-state index contributed by atoms with van der Waals surface area (Å²) in [5.41, 5.74) is 6.73. The molecule has 1 heterocycles. The van der Waals surface area contributed by atoms with Crippen molar-refractivity contribution in [2.45, 2.75) is 32.2 Å². The van der Waals surface area contributed by atoms with E-state index in [2.05, 4.69) is 17.0 Å². The van der Waals surface area contributed by atoms with E-state index < -0.39 is 0 Å². The second kappa shape index (κ2) is 6.43. The third-order valence-electron chi connectivity index (χ3n) is 3.16. The quantitative estimate of drug-likeness (QED) is 0.867. The summed E-state index contributed by atoms with van der Waals surface area (Å²) in [5.74, 6) is 0.739. The van der Waals surface area contributed by atoms with Crippen LogP contribution in [0.25, 0.3) is 0 Å². The van der Waals surface area contributed by atoms with Gasteiger partial charge in [0, 0.05) is 18.9 Å². The van der Waals surface area contributed by atoms with Crippen molar-refractivity contribution in [3.05, 3.63) is 47.8 Å². The highest BCUT2D eigenvalue weighted by molar-refractivity contribution is 5.22. The Bertz CT molecular complexity index is 524. The summed E-state index contributed by atoms with van der Waals surface area (Å²) in [6, 6.07) is 6.60. The first-order valence-corrected chi connectivity index (χ1v) is 6.56. The van der Waals surface area contributed by atoms with Crippen molar-refractivity contribution in [2.75, 3.05) is 6.54 Å². The molecule has 2 rings (SSSR count). The van der Waals surface area contributed by atoms with Crippen LogP contribution in [0.15, 0.2) is 30.6 Å². The predicted octanol–water partition coefficient (Wildman–Crippen LogP) is 2.11. The Morgan fingerprint density at radius 1 is 1.42 bits per heavy atom. The smallest absolute Gasteiger partial charge is 0.138 e. The van der Waals surface area contributed by atoms with Gasteiger partial charge in [0.05, 0.1) is 0 Å². The molecule has 1 unspecified atom stereocenters. The maximum atomic E-state index is 13.3. The van der Waals surface area contributed by atoms with Crippen LogP contribution in [0.2, 0.25) is 0 Å². The first-order valence-electron chi connectivity index (χ1n) is 6.56. The molecule has 1 atom stereocenters. The summed E-state index contributed by atoms with van der Waals surface area (Å²) in [6.45, 7) is 3.40. The lowest BCUT2D eigenvalue weighted by molar-refractivity contribution is 0.543.